The number of aromatic nitrogens is 1. The van der Waals surface area contributed by atoms with Crippen molar-refractivity contribution in [3.8, 4) is 0 Å². The zero-order valence-corrected chi connectivity index (χ0v) is 14.8. The van der Waals surface area contributed by atoms with Gasteiger partial charge in [0.15, 0.2) is 0 Å². The van der Waals surface area contributed by atoms with Gasteiger partial charge in [0, 0.05) is 24.6 Å². The van der Waals surface area contributed by atoms with E-state index in [4.69, 9.17) is 4.52 Å². The summed E-state index contributed by atoms with van der Waals surface area (Å²) in [4.78, 5) is 14.7. The molecular formula is C20H24FN3O2. The maximum Gasteiger partial charge on any atom is 0.224 e. The van der Waals surface area contributed by atoms with Crippen molar-refractivity contribution in [3.63, 3.8) is 0 Å². The van der Waals surface area contributed by atoms with Crippen LogP contribution in [-0.2, 0) is 30.6 Å². The van der Waals surface area contributed by atoms with E-state index in [1.807, 2.05) is 0 Å². The Hall–Kier alpha value is -2.21. The average molecular weight is 357 g/mol. The number of likely N-dealkylation sites (tertiary alicyclic amines) is 1. The van der Waals surface area contributed by atoms with E-state index in [9.17, 15) is 9.18 Å². The minimum atomic E-state index is -0.333. The van der Waals surface area contributed by atoms with Crippen LogP contribution in [-0.4, -0.2) is 35.1 Å². The molecule has 2 heterocycles. The minimum absolute atomic E-state index is 0.0542. The fourth-order valence-electron chi connectivity index (χ4n) is 3.96. The standard InChI is InChI=1S/C20H24FN3O2/c21-17-6-2-1-5-14(17)11-20(25)22-15-7-8-19-16(12-15)18(23-26-19)13-24-9-3-4-10-24/h1-2,5-6,15H,3-4,7-13H2,(H,22,25). The van der Waals surface area contributed by atoms with E-state index in [1.54, 1.807) is 18.2 Å². The van der Waals surface area contributed by atoms with Gasteiger partial charge in [0.1, 0.15) is 17.3 Å². The number of hydrogen-bond donors (Lipinski definition) is 1. The molecule has 5 nitrogen and oxygen atoms in total. The second kappa shape index (κ2) is 7.58. The maximum atomic E-state index is 13.7. The minimum Gasteiger partial charge on any atom is -0.361 e. The molecule has 0 spiro atoms. The Labute approximate surface area is 152 Å². The molecule has 6 heteroatoms. The number of nitrogens with one attached hydrogen (secondary N) is 1. The smallest absolute Gasteiger partial charge is 0.224 e. The molecule has 1 unspecified atom stereocenters. The van der Waals surface area contributed by atoms with Gasteiger partial charge in [-0.15, -0.1) is 0 Å². The van der Waals surface area contributed by atoms with Crippen molar-refractivity contribution >= 4 is 5.91 Å². The van der Waals surface area contributed by atoms with Gasteiger partial charge in [0.25, 0.3) is 0 Å². The predicted molar refractivity (Wildman–Crippen MR) is 95.1 cm³/mol. The topological polar surface area (TPSA) is 58.4 Å². The molecule has 1 aromatic heterocycles. The summed E-state index contributed by atoms with van der Waals surface area (Å²) in [7, 11) is 0. The fraction of sp³-hybridized carbons (Fsp3) is 0.500. The van der Waals surface area contributed by atoms with E-state index in [0.717, 1.165) is 55.9 Å². The molecule has 2 aromatic rings. The highest BCUT2D eigenvalue weighted by molar-refractivity contribution is 5.79. The van der Waals surface area contributed by atoms with Crippen LogP contribution in [0, 0.1) is 5.82 Å². The third kappa shape index (κ3) is 3.80. The summed E-state index contributed by atoms with van der Waals surface area (Å²) in [6.07, 6.45) is 4.91. The van der Waals surface area contributed by atoms with Gasteiger partial charge < -0.3 is 9.84 Å². The molecule has 1 aliphatic heterocycles. The van der Waals surface area contributed by atoms with Crippen LogP contribution in [0.5, 0.6) is 0 Å². The molecule has 1 N–H and O–H groups in total. The van der Waals surface area contributed by atoms with Gasteiger partial charge in [-0.2, -0.15) is 0 Å². The van der Waals surface area contributed by atoms with Crippen LogP contribution in [0.4, 0.5) is 4.39 Å². The van der Waals surface area contributed by atoms with E-state index in [0.29, 0.717) is 5.56 Å². The van der Waals surface area contributed by atoms with Crippen LogP contribution in [0.3, 0.4) is 0 Å². The summed E-state index contributed by atoms with van der Waals surface area (Å²) >= 11 is 0. The Morgan fingerprint density at radius 2 is 2.12 bits per heavy atom. The first-order chi connectivity index (χ1) is 12.7. The number of benzene rings is 1. The summed E-state index contributed by atoms with van der Waals surface area (Å²) in [5, 5.41) is 7.33. The van der Waals surface area contributed by atoms with E-state index in [2.05, 4.69) is 15.4 Å². The molecular weight excluding hydrogens is 333 g/mol. The predicted octanol–water partition coefficient (Wildman–Crippen LogP) is 2.63. The highest BCUT2D eigenvalue weighted by Gasteiger charge is 2.28. The number of halogens is 1. The van der Waals surface area contributed by atoms with E-state index >= 15 is 0 Å². The first kappa shape index (κ1) is 17.2. The molecule has 26 heavy (non-hydrogen) atoms. The first-order valence-corrected chi connectivity index (χ1v) is 9.40. The molecule has 1 fully saturated rings. The number of carbonyl (C=O) groups excluding carboxylic acids is 1. The van der Waals surface area contributed by atoms with Gasteiger partial charge >= 0.3 is 0 Å². The van der Waals surface area contributed by atoms with E-state index in [1.165, 1.54) is 18.9 Å². The van der Waals surface area contributed by atoms with Crippen molar-refractivity contribution in [3.05, 3.63) is 52.7 Å². The number of fused-ring (bicyclic) bond motifs is 1. The first-order valence-electron chi connectivity index (χ1n) is 9.40. The van der Waals surface area contributed by atoms with Crippen molar-refractivity contribution in [2.24, 2.45) is 0 Å². The number of aryl methyl sites for hydroxylation is 1. The number of hydrogen-bond acceptors (Lipinski definition) is 4. The van der Waals surface area contributed by atoms with Gasteiger partial charge in [-0.3, -0.25) is 9.69 Å². The van der Waals surface area contributed by atoms with Crippen molar-refractivity contribution in [2.45, 2.75) is 51.1 Å². The SMILES string of the molecule is O=C(Cc1ccccc1F)NC1CCc2onc(CN3CCCC3)c2C1. The number of nitrogens with zero attached hydrogens (tertiary/aromatic N) is 2. The molecule has 4 rings (SSSR count). The Kier molecular flexibility index (Phi) is 5.02. The molecule has 138 valence electrons. The number of amides is 1. The molecule has 1 aliphatic carbocycles. The van der Waals surface area contributed by atoms with Crippen LogP contribution < -0.4 is 5.32 Å². The summed E-state index contributed by atoms with van der Waals surface area (Å²) in [5.41, 5.74) is 2.59. The van der Waals surface area contributed by atoms with Crippen LogP contribution in [0.2, 0.25) is 0 Å². The normalized spacial score (nSPS) is 20.1. The fourth-order valence-corrected chi connectivity index (χ4v) is 3.96. The van der Waals surface area contributed by atoms with E-state index < -0.39 is 0 Å². The lowest BCUT2D eigenvalue weighted by molar-refractivity contribution is -0.121. The van der Waals surface area contributed by atoms with Crippen LogP contribution in [0.15, 0.2) is 28.8 Å². The second-order valence-electron chi connectivity index (χ2n) is 7.29. The molecule has 0 radical (unpaired) electrons. The Morgan fingerprint density at radius 1 is 1.31 bits per heavy atom. The van der Waals surface area contributed by atoms with Gasteiger partial charge in [-0.25, -0.2) is 4.39 Å². The van der Waals surface area contributed by atoms with Crippen LogP contribution in [0.25, 0.3) is 0 Å². The van der Waals surface area contributed by atoms with Gasteiger partial charge in [-0.05, 0) is 50.4 Å². The third-order valence-corrected chi connectivity index (χ3v) is 5.37. The van der Waals surface area contributed by atoms with Crippen molar-refractivity contribution < 1.29 is 13.7 Å². The van der Waals surface area contributed by atoms with Crippen LogP contribution >= 0.6 is 0 Å². The number of carbonyl (C=O) groups is 1. The lowest BCUT2D eigenvalue weighted by Gasteiger charge is -2.23. The highest BCUT2D eigenvalue weighted by Crippen LogP contribution is 2.26. The zero-order chi connectivity index (χ0) is 17.9. The van der Waals surface area contributed by atoms with Gasteiger partial charge in [0.2, 0.25) is 5.91 Å². The molecule has 1 aromatic carbocycles. The third-order valence-electron chi connectivity index (χ3n) is 5.37. The number of rotatable bonds is 5. The summed E-state index contributed by atoms with van der Waals surface area (Å²) in [6.45, 7) is 3.06. The van der Waals surface area contributed by atoms with E-state index in [-0.39, 0.29) is 24.2 Å². The van der Waals surface area contributed by atoms with Crippen LogP contribution in [0.1, 0.15) is 41.8 Å². The largest absolute Gasteiger partial charge is 0.361 e. The average Bonchev–Trinajstić information content (AvgIpc) is 3.28. The molecule has 1 atom stereocenters. The van der Waals surface area contributed by atoms with Gasteiger partial charge in [0.05, 0.1) is 6.42 Å². The lowest BCUT2D eigenvalue weighted by atomic mass is 9.91. The van der Waals surface area contributed by atoms with Crippen molar-refractivity contribution in [1.82, 2.24) is 15.4 Å². The quantitative estimate of drug-likeness (QED) is 0.894. The Balaban J connectivity index is 1.37. The lowest BCUT2D eigenvalue weighted by Crippen LogP contribution is -2.39. The molecule has 2 aliphatic rings. The summed E-state index contributed by atoms with van der Waals surface area (Å²) in [6, 6.07) is 6.48. The summed E-state index contributed by atoms with van der Waals surface area (Å²) < 4.78 is 19.2. The Morgan fingerprint density at radius 3 is 2.92 bits per heavy atom. The van der Waals surface area contributed by atoms with Crippen molar-refractivity contribution in [1.29, 1.82) is 0 Å². The highest BCUT2D eigenvalue weighted by atomic mass is 19.1. The zero-order valence-electron chi connectivity index (χ0n) is 14.8. The van der Waals surface area contributed by atoms with Gasteiger partial charge in [-0.1, -0.05) is 23.4 Å². The molecule has 1 saturated heterocycles. The summed E-state index contributed by atoms with van der Waals surface area (Å²) in [5.74, 6) is 0.486. The monoisotopic (exact) mass is 357 g/mol. The second-order valence-corrected chi connectivity index (χ2v) is 7.29. The molecule has 0 bridgehead atoms. The molecule has 1 amide bonds. The van der Waals surface area contributed by atoms with Crippen molar-refractivity contribution in [2.75, 3.05) is 13.1 Å². The molecule has 0 saturated carbocycles. The maximum absolute atomic E-state index is 13.7. The Bertz CT molecular complexity index is 783.